The Morgan fingerprint density at radius 2 is 1.71 bits per heavy atom. The minimum absolute atomic E-state index is 0.0342. The molecular weight excluding hydrogens is 482 g/mol. The van der Waals surface area contributed by atoms with Crippen LogP contribution >= 0.6 is 0 Å². The molecule has 1 aromatic heterocycles. The van der Waals surface area contributed by atoms with Crippen LogP contribution in [0, 0.1) is 6.92 Å². The van der Waals surface area contributed by atoms with Crippen LogP contribution in [0.5, 0.6) is 11.5 Å². The molecule has 0 bridgehead atoms. The SMILES string of the molecule is CCCN(CC(=O)N1CCN(c2ccc(-c3ccc(OC)cc3OC)nn2)CC1)C(=O)c1ccccc1C. The van der Waals surface area contributed by atoms with Gasteiger partial charge in [0.1, 0.15) is 18.0 Å². The number of hydrogen-bond acceptors (Lipinski definition) is 7. The van der Waals surface area contributed by atoms with Crippen LogP contribution in [0.3, 0.4) is 0 Å². The van der Waals surface area contributed by atoms with E-state index < -0.39 is 0 Å². The Hall–Kier alpha value is -4.14. The van der Waals surface area contributed by atoms with Crippen molar-refractivity contribution in [3.63, 3.8) is 0 Å². The summed E-state index contributed by atoms with van der Waals surface area (Å²) < 4.78 is 10.8. The van der Waals surface area contributed by atoms with Crippen LogP contribution < -0.4 is 14.4 Å². The Morgan fingerprint density at radius 3 is 2.34 bits per heavy atom. The molecule has 200 valence electrons. The number of amides is 2. The topological polar surface area (TPSA) is 88.1 Å². The maximum Gasteiger partial charge on any atom is 0.254 e. The summed E-state index contributed by atoms with van der Waals surface area (Å²) in [7, 11) is 3.23. The lowest BCUT2D eigenvalue weighted by molar-refractivity contribution is -0.132. The molecule has 1 fully saturated rings. The highest BCUT2D eigenvalue weighted by Crippen LogP contribution is 2.32. The summed E-state index contributed by atoms with van der Waals surface area (Å²) >= 11 is 0. The van der Waals surface area contributed by atoms with E-state index in [0.717, 1.165) is 23.4 Å². The summed E-state index contributed by atoms with van der Waals surface area (Å²) in [5.41, 5.74) is 3.10. The van der Waals surface area contributed by atoms with Gasteiger partial charge in [-0.2, -0.15) is 0 Å². The van der Waals surface area contributed by atoms with Gasteiger partial charge in [0.25, 0.3) is 5.91 Å². The molecule has 4 rings (SSSR count). The second-order valence-corrected chi connectivity index (χ2v) is 9.25. The van der Waals surface area contributed by atoms with Crippen LogP contribution in [0.25, 0.3) is 11.3 Å². The minimum Gasteiger partial charge on any atom is -0.497 e. The lowest BCUT2D eigenvalue weighted by atomic mass is 10.1. The molecule has 3 aromatic rings. The van der Waals surface area contributed by atoms with Gasteiger partial charge < -0.3 is 24.2 Å². The van der Waals surface area contributed by atoms with Crippen molar-refractivity contribution in [2.24, 2.45) is 0 Å². The number of methoxy groups -OCH3 is 2. The van der Waals surface area contributed by atoms with E-state index in [2.05, 4.69) is 15.1 Å². The Balaban J connectivity index is 1.36. The first kappa shape index (κ1) is 26.9. The van der Waals surface area contributed by atoms with Crippen LogP contribution in [0.4, 0.5) is 5.82 Å². The largest absolute Gasteiger partial charge is 0.497 e. The van der Waals surface area contributed by atoms with Crippen molar-refractivity contribution in [3.05, 3.63) is 65.7 Å². The summed E-state index contributed by atoms with van der Waals surface area (Å²) in [6.45, 7) is 6.97. The van der Waals surface area contributed by atoms with Crippen molar-refractivity contribution in [2.45, 2.75) is 20.3 Å². The number of ether oxygens (including phenoxy) is 2. The number of rotatable bonds is 9. The second-order valence-electron chi connectivity index (χ2n) is 9.25. The van der Waals surface area contributed by atoms with Crippen molar-refractivity contribution >= 4 is 17.6 Å². The zero-order chi connectivity index (χ0) is 27.1. The van der Waals surface area contributed by atoms with Gasteiger partial charge in [-0.1, -0.05) is 25.1 Å². The van der Waals surface area contributed by atoms with Crippen LogP contribution in [0.2, 0.25) is 0 Å². The Kier molecular flexibility index (Phi) is 8.78. The first-order valence-corrected chi connectivity index (χ1v) is 12.9. The van der Waals surface area contributed by atoms with Gasteiger partial charge in [0.05, 0.1) is 19.9 Å². The number of carbonyl (C=O) groups is 2. The van der Waals surface area contributed by atoms with Crippen LogP contribution in [-0.2, 0) is 4.79 Å². The van der Waals surface area contributed by atoms with Crippen molar-refractivity contribution in [1.29, 1.82) is 0 Å². The van der Waals surface area contributed by atoms with E-state index in [9.17, 15) is 9.59 Å². The van der Waals surface area contributed by atoms with E-state index in [1.807, 2.05) is 73.3 Å². The average molecular weight is 518 g/mol. The monoisotopic (exact) mass is 517 g/mol. The van der Waals surface area contributed by atoms with Gasteiger partial charge in [-0.3, -0.25) is 9.59 Å². The van der Waals surface area contributed by atoms with Crippen LogP contribution in [0.1, 0.15) is 29.3 Å². The number of aromatic nitrogens is 2. The molecule has 0 aliphatic carbocycles. The number of piperazine rings is 1. The van der Waals surface area contributed by atoms with E-state index in [1.165, 1.54) is 0 Å². The van der Waals surface area contributed by atoms with Gasteiger partial charge in [-0.05, 0) is 49.2 Å². The molecule has 2 heterocycles. The summed E-state index contributed by atoms with van der Waals surface area (Å²) in [6.07, 6.45) is 0.787. The van der Waals surface area contributed by atoms with Crippen LogP contribution in [-0.4, -0.2) is 85.3 Å². The highest BCUT2D eigenvalue weighted by atomic mass is 16.5. The molecule has 0 radical (unpaired) electrons. The summed E-state index contributed by atoms with van der Waals surface area (Å²) in [5.74, 6) is 2.00. The first-order valence-electron chi connectivity index (χ1n) is 12.9. The van der Waals surface area contributed by atoms with Gasteiger partial charge >= 0.3 is 0 Å². The molecule has 2 aromatic carbocycles. The summed E-state index contributed by atoms with van der Waals surface area (Å²) in [6, 6.07) is 16.9. The fourth-order valence-electron chi connectivity index (χ4n) is 4.60. The molecule has 1 aliphatic heterocycles. The fraction of sp³-hybridized carbons (Fsp3) is 0.379. The molecule has 1 aliphatic rings. The Morgan fingerprint density at radius 1 is 0.947 bits per heavy atom. The minimum atomic E-state index is -0.0965. The molecule has 0 atom stereocenters. The van der Waals surface area contributed by atoms with Crippen molar-refractivity contribution in [2.75, 3.05) is 58.4 Å². The predicted octanol–water partition coefficient (Wildman–Crippen LogP) is 3.67. The van der Waals surface area contributed by atoms with Gasteiger partial charge in [0.2, 0.25) is 5.91 Å². The molecule has 1 saturated heterocycles. The molecule has 0 unspecified atom stereocenters. The summed E-state index contributed by atoms with van der Waals surface area (Å²) in [4.78, 5) is 31.9. The first-order chi connectivity index (χ1) is 18.4. The Labute approximate surface area is 224 Å². The molecule has 0 saturated carbocycles. The third kappa shape index (κ3) is 6.04. The van der Waals surface area contributed by atoms with E-state index in [1.54, 1.807) is 19.1 Å². The number of carbonyl (C=O) groups excluding carboxylic acids is 2. The van der Waals surface area contributed by atoms with E-state index in [-0.39, 0.29) is 18.4 Å². The highest BCUT2D eigenvalue weighted by Gasteiger charge is 2.26. The number of anilines is 1. The van der Waals surface area contributed by atoms with E-state index in [0.29, 0.717) is 55.5 Å². The van der Waals surface area contributed by atoms with E-state index >= 15 is 0 Å². The third-order valence-electron chi connectivity index (χ3n) is 6.77. The number of aryl methyl sites for hydroxylation is 1. The van der Waals surface area contributed by atoms with Crippen LogP contribution in [0.15, 0.2) is 54.6 Å². The molecule has 9 nitrogen and oxygen atoms in total. The maximum atomic E-state index is 13.1. The molecule has 9 heteroatoms. The third-order valence-corrected chi connectivity index (χ3v) is 6.77. The van der Waals surface area contributed by atoms with Gasteiger partial charge in [0.15, 0.2) is 5.82 Å². The zero-order valence-corrected chi connectivity index (χ0v) is 22.5. The average Bonchev–Trinajstić information content (AvgIpc) is 2.96. The highest BCUT2D eigenvalue weighted by molar-refractivity contribution is 5.97. The molecule has 0 spiro atoms. The lowest BCUT2D eigenvalue weighted by Crippen LogP contribution is -2.52. The molecule has 38 heavy (non-hydrogen) atoms. The molecule has 2 amide bonds. The zero-order valence-electron chi connectivity index (χ0n) is 22.5. The molecule has 0 N–H and O–H groups in total. The predicted molar refractivity (Wildman–Crippen MR) is 147 cm³/mol. The second kappa shape index (κ2) is 12.4. The van der Waals surface area contributed by atoms with E-state index in [4.69, 9.17) is 9.47 Å². The smallest absolute Gasteiger partial charge is 0.254 e. The van der Waals surface area contributed by atoms with Crippen molar-refractivity contribution in [3.8, 4) is 22.8 Å². The standard InChI is InChI=1S/C29H35N5O4/c1-5-14-34(29(36)23-9-7-6-8-21(23)2)20-28(35)33-17-15-32(16-18-33)27-13-12-25(30-31-27)24-11-10-22(37-3)19-26(24)38-4/h6-13,19H,5,14-18,20H2,1-4H3. The Bertz CT molecular complexity index is 1260. The normalized spacial score (nSPS) is 13.3. The van der Waals surface area contributed by atoms with Crippen molar-refractivity contribution < 1.29 is 19.1 Å². The fourth-order valence-corrected chi connectivity index (χ4v) is 4.60. The number of hydrogen-bond donors (Lipinski definition) is 0. The van der Waals surface area contributed by atoms with Gasteiger partial charge in [0, 0.05) is 49.9 Å². The number of nitrogens with zero attached hydrogens (tertiary/aromatic N) is 5. The lowest BCUT2D eigenvalue weighted by Gasteiger charge is -2.36. The maximum absolute atomic E-state index is 13.1. The summed E-state index contributed by atoms with van der Waals surface area (Å²) in [5, 5.41) is 8.86. The molecular formula is C29H35N5O4. The van der Waals surface area contributed by atoms with Gasteiger partial charge in [-0.25, -0.2) is 0 Å². The van der Waals surface area contributed by atoms with Gasteiger partial charge in [-0.15, -0.1) is 10.2 Å². The van der Waals surface area contributed by atoms with Crippen molar-refractivity contribution in [1.82, 2.24) is 20.0 Å². The number of benzene rings is 2. The quantitative estimate of drug-likeness (QED) is 0.428.